The zero-order valence-electron chi connectivity index (χ0n) is 26.6. The highest BCUT2D eigenvalue weighted by molar-refractivity contribution is 6.42. The van der Waals surface area contributed by atoms with Crippen LogP contribution in [-0.2, 0) is 29.1 Å². The lowest BCUT2D eigenvalue weighted by atomic mass is 10.0. The molecule has 0 atom stereocenters. The number of rotatable bonds is 12. The lowest BCUT2D eigenvalue weighted by Gasteiger charge is -2.38. The van der Waals surface area contributed by atoms with Crippen molar-refractivity contribution in [3.8, 4) is 11.5 Å². The molecule has 3 aromatic carbocycles. The monoisotopic (exact) mass is 685 g/mol. The molecule has 1 aromatic heterocycles. The van der Waals surface area contributed by atoms with Gasteiger partial charge in [0.05, 0.1) is 38.7 Å². The molecule has 48 heavy (non-hydrogen) atoms. The van der Waals surface area contributed by atoms with Gasteiger partial charge in [-0.05, 0) is 47.9 Å². The number of ether oxygens (including phenoxy) is 2. The third kappa shape index (κ3) is 7.00. The van der Waals surface area contributed by atoms with Gasteiger partial charge in [-0.15, -0.1) is 0 Å². The molecule has 10 nitrogen and oxygen atoms in total. The van der Waals surface area contributed by atoms with Gasteiger partial charge in [0.2, 0.25) is 5.91 Å². The van der Waals surface area contributed by atoms with E-state index in [0.29, 0.717) is 17.2 Å². The van der Waals surface area contributed by atoms with Gasteiger partial charge in [-0.2, -0.15) is 0 Å². The Bertz CT molecular complexity index is 1900. The van der Waals surface area contributed by atoms with Crippen molar-refractivity contribution < 1.29 is 23.9 Å². The van der Waals surface area contributed by atoms with Crippen LogP contribution < -0.4 is 29.9 Å². The molecule has 0 fully saturated rings. The lowest BCUT2D eigenvalue weighted by Crippen LogP contribution is -2.47. The first-order valence-corrected chi connectivity index (χ1v) is 15.5. The third-order valence-electron chi connectivity index (χ3n) is 7.82. The van der Waals surface area contributed by atoms with Crippen LogP contribution in [0.25, 0.3) is 0 Å². The number of hydrogen-bond acceptors (Lipinski definition) is 7. The first kappa shape index (κ1) is 34.0. The van der Waals surface area contributed by atoms with Gasteiger partial charge in [-0.25, -0.2) is 9.78 Å². The highest BCUT2D eigenvalue weighted by Gasteiger charge is 2.36. The number of methoxy groups -OCH3 is 2. The molecular formula is C36H33Cl2N5O5. The second-order valence-corrected chi connectivity index (χ2v) is 11.6. The van der Waals surface area contributed by atoms with Gasteiger partial charge >= 0.3 is 6.03 Å². The van der Waals surface area contributed by atoms with Crippen molar-refractivity contribution in [3.63, 3.8) is 0 Å². The van der Waals surface area contributed by atoms with E-state index in [9.17, 15) is 14.4 Å². The van der Waals surface area contributed by atoms with Crippen LogP contribution in [-0.4, -0.2) is 36.9 Å². The highest BCUT2D eigenvalue weighted by Crippen LogP contribution is 2.48. The minimum Gasteiger partial charge on any atom is -0.495 e. The molecule has 0 saturated heterocycles. The molecule has 12 heteroatoms. The van der Waals surface area contributed by atoms with Crippen molar-refractivity contribution in [1.29, 1.82) is 0 Å². The predicted octanol–water partition coefficient (Wildman–Crippen LogP) is 8.03. The Morgan fingerprint density at radius 1 is 1.00 bits per heavy atom. The maximum atomic E-state index is 14.5. The van der Waals surface area contributed by atoms with Crippen LogP contribution >= 0.6 is 23.2 Å². The average Bonchev–Trinajstić information content (AvgIpc) is 3.08. The molecule has 2 N–H and O–H groups in total. The van der Waals surface area contributed by atoms with Gasteiger partial charge in [0.25, 0.3) is 0 Å². The van der Waals surface area contributed by atoms with Crippen molar-refractivity contribution in [2.24, 2.45) is 0 Å². The number of allylic oxidation sites excluding steroid dienone is 1. The Kier molecular flexibility index (Phi) is 10.4. The molecule has 2 heterocycles. The number of nitrogens with zero attached hydrogens (tertiary/aromatic N) is 3. The van der Waals surface area contributed by atoms with E-state index in [0.717, 1.165) is 27.9 Å². The van der Waals surface area contributed by atoms with Crippen LogP contribution in [0.3, 0.4) is 0 Å². The van der Waals surface area contributed by atoms with Gasteiger partial charge in [0, 0.05) is 41.7 Å². The van der Waals surface area contributed by atoms with Gasteiger partial charge < -0.3 is 20.1 Å². The highest BCUT2D eigenvalue weighted by atomic mass is 35.5. The Hall–Kier alpha value is -5.32. The lowest BCUT2D eigenvalue weighted by molar-refractivity contribution is -0.114. The second-order valence-electron chi connectivity index (χ2n) is 10.9. The fourth-order valence-corrected chi connectivity index (χ4v) is 6.06. The number of para-hydroxylation sites is 1. The number of nitrogens with one attached hydrogen (secondary N) is 2. The van der Waals surface area contributed by atoms with Crippen molar-refractivity contribution >= 4 is 69.5 Å². The number of amides is 3. The summed E-state index contributed by atoms with van der Waals surface area (Å²) in [6.45, 7) is 9.27. The number of hydrogen-bond donors (Lipinski definition) is 2. The first-order chi connectivity index (χ1) is 23.1. The third-order valence-corrected chi connectivity index (χ3v) is 8.55. The van der Waals surface area contributed by atoms with Gasteiger partial charge in [-0.1, -0.05) is 66.7 Å². The van der Waals surface area contributed by atoms with Crippen LogP contribution in [0.4, 0.5) is 33.4 Å². The number of aryl methyl sites for hydroxylation is 1. The zero-order valence-corrected chi connectivity index (χ0v) is 28.1. The maximum Gasteiger partial charge on any atom is 0.329 e. The zero-order chi connectivity index (χ0) is 34.5. The summed E-state index contributed by atoms with van der Waals surface area (Å²) in [6, 6.07) is 15.8. The summed E-state index contributed by atoms with van der Waals surface area (Å²) in [6.07, 6.45) is 4.35. The number of fused-ring (bicyclic) bond motifs is 1. The van der Waals surface area contributed by atoms with Gasteiger partial charge in [-0.3, -0.25) is 19.4 Å². The van der Waals surface area contributed by atoms with Gasteiger partial charge in [0.15, 0.2) is 5.78 Å². The molecule has 0 bridgehead atoms. The Morgan fingerprint density at radius 2 is 1.69 bits per heavy atom. The number of halogens is 2. The minimum absolute atomic E-state index is 0.101. The predicted molar refractivity (Wildman–Crippen MR) is 190 cm³/mol. The van der Waals surface area contributed by atoms with E-state index < -0.39 is 6.03 Å². The maximum absolute atomic E-state index is 14.5. The quantitative estimate of drug-likeness (QED) is 0.145. The first-order valence-electron chi connectivity index (χ1n) is 14.8. The summed E-state index contributed by atoms with van der Waals surface area (Å²) >= 11 is 13.5. The Labute approximate surface area is 288 Å². The summed E-state index contributed by atoms with van der Waals surface area (Å²) in [4.78, 5) is 46.2. The van der Waals surface area contributed by atoms with E-state index in [2.05, 4.69) is 28.8 Å². The topological polar surface area (TPSA) is 113 Å². The normalized spacial score (nSPS) is 12.2. The number of carbonyl (C=O) groups is 3. The van der Waals surface area contributed by atoms with E-state index in [1.54, 1.807) is 35.4 Å². The second kappa shape index (κ2) is 14.6. The van der Waals surface area contributed by atoms with Crippen LogP contribution in [0, 0.1) is 6.92 Å². The van der Waals surface area contributed by atoms with E-state index in [1.807, 2.05) is 37.3 Å². The molecule has 5 rings (SSSR count). The summed E-state index contributed by atoms with van der Waals surface area (Å²) in [7, 11) is 2.93. The molecule has 1 aliphatic heterocycles. The molecule has 0 unspecified atom stereocenters. The number of carbonyl (C=O) groups excluding carboxylic acids is 3. The fourth-order valence-electron chi connectivity index (χ4n) is 5.35. The largest absolute Gasteiger partial charge is 0.495 e. The van der Waals surface area contributed by atoms with E-state index >= 15 is 0 Å². The average molecular weight is 687 g/mol. The molecule has 246 valence electrons. The summed E-state index contributed by atoms with van der Waals surface area (Å²) in [5.41, 5.74) is 5.38. The van der Waals surface area contributed by atoms with Crippen LogP contribution in [0.2, 0.25) is 10.0 Å². The van der Waals surface area contributed by atoms with Crippen molar-refractivity contribution in [3.05, 3.63) is 118 Å². The molecule has 1 aliphatic rings. The summed E-state index contributed by atoms with van der Waals surface area (Å²) < 4.78 is 10.9. The fraction of sp³-hybridized carbons (Fsp3) is 0.167. The Morgan fingerprint density at radius 3 is 2.31 bits per heavy atom. The number of aromatic nitrogens is 1. The standard InChI is InChI=1S/C36H33Cl2N5O5/c1-6-26(44)15-23-10-8-9-21(3)34(23)41-30-16-27-24(18-39-30)20-43(35-32(37)28(47-4)17-29(48-5)33(35)38)36(46)42(27)19-22-11-13-25(14-12-22)40-31(45)7-2/h6-14,16-18H,1-2,15,19-20H2,3-5H3,(H,39,41)(H,40,45). The molecule has 0 radical (unpaired) electrons. The van der Waals surface area contributed by atoms with E-state index in [1.165, 1.54) is 31.3 Å². The van der Waals surface area contributed by atoms with Crippen LogP contribution in [0.1, 0.15) is 22.3 Å². The van der Waals surface area contributed by atoms with Crippen LogP contribution in [0.15, 0.2) is 86.1 Å². The van der Waals surface area contributed by atoms with Crippen molar-refractivity contribution in [2.45, 2.75) is 26.4 Å². The molecule has 0 spiro atoms. The summed E-state index contributed by atoms with van der Waals surface area (Å²) in [5, 5.41) is 6.39. The number of urea groups is 1. The summed E-state index contributed by atoms with van der Waals surface area (Å²) in [5.74, 6) is 0.608. The molecule has 3 amide bonds. The van der Waals surface area contributed by atoms with Gasteiger partial charge in [0.1, 0.15) is 27.4 Å². The smallest absolute Gasteiger partial charge is 0.329 e. The number of pyridine rings is 1. The molecule has 4 aromatic rings. The number of ketones is 1. The molecular weight excluding hydrogens is 653 g/mol. The minimum atomic E-state index is -0.407. The van der Waals surface area contributed by atoms with E-state index in [4.69, 9.17) is 32.7 Å². The molecule has 0 saturated carbocycles. The SMILES string of the molecule is C=CC(=O)Cc1cccc(C)c1Nc1cc2c(cn1)CN(c1c(Cl)c(OC)cc(OC)c1Cl)C(=O)N2Cc1ccc(NC(=O)C=C)cc1. The van der Waals surface area contributed by atoms with Crippen LogP contribution in [0.5, 0.6) is 11.5 Å². The van der Waals surface area contributed by atoms with Crippen molar-refractivity contribution in [1.82, 2.24) is 4.98 Å². The van der Waals surface area contributed by atoms with Crippen molar-refractivity contribution in [2.75, 3.05) is 34.7 Å². The number of anilines is 5. The number of benzene rings is 3. The molecule has 0 aliphatic carbocycles. The van der Waals surface area contributed by atoms with E-state index in [-0.39, 0.29) is 58.4 Å². The Balaban J connectivity index is 1.59.